The molecule has 0 unspecified atom stereocenters. The third-order valence-corrected chi connectivity index (χ3v) is 4.60. The number of H-pyrrole nitrogens is 1. The molecule has 4 nitrogen and oxygen atoms in total. The van der Waals surface area contributed by atoms with E-state index in [9.17, 15) is 4.79 Å². The molecule has 3 aromatic rings. The number of hydrogen-bond donors (Lipinski definition) is 1. The van der Waals surface area contributed by atoms with Gasteiger partial charge in [-0.2, -0.15) is 0 Å². The maximum Gasteiger partial charge on any atom is 0.348 e. The smallest absolute Gasteiger partial charge is 0.246 e. The predicted molar refractivity (Wildman–Crippen MR) is 90.2 cm³/mol. The van der Waals surface area contributed by atoms with E-state index in [4.69, 9.17) is 23.2 Å². The molecule has 1 N–H and O–H groups in total. The van der Waals surface area contributed by atoms with Crippen molar-refractivity contribution >= 4 is 35.0 Å². The Labute approximate surface area is 141 Å². The highest BCUT2D eigenvalue weighted by molar-refractivity contribution is 7.98. The summed E-state index contributed by atoms with van der Waals surface area (Å²) in [5.74, 6) is 0.590. The maximum absolute atomic E-state index is 12.0. The lowest BCUT2D eigenvalue weighted by Crippen LogP contribution is -2.15. The maximum atomic E-state index is 12.0. The van der Waals surface area contributed by atoms with Gasteiger partial charge in [-0.25, -0.2) is 14.5 Å². The highest BCUT2D eigenvalue weighted by Crippen LogP contribution is 2.28. The molecule has 1 heterocycles. The summed E-state index contributed by atoms with van der Waals surface area (Å²) in [7, 11) is 0. The van der Waals surface area contributed by atoms with Crippen molar-refractivity contribution < 1.29 is 0 Å². The third kappa shape index (κ3) is 3.21. The second-order valence-corrected chi connectivity index (χ2v) is 6.29. The second kappa shape index (κ2) is 6.60. The van der Waals surface area contributed by atoms with Crippen LogP contribution in [-0.4, -0.2) is 14.8 Å². The van der Waals surface area contributed by atoms with Crippen molar-refractivity contribution in [3.05, 3.63) is 74.6 Å². The Hall–Kier alpha value is -1.69. The normalized spacial score (nSPS) is 10.8. The average Bonchev–Trinajstić information content (AvgIpc) is 2.88. The van der Waals surface area contributed by atoms with Crippen LogP contribution in [0, 0.1) is 0 Å². The molecule has 0 aliphatic carbocycles. The van der Waals surface area contributed by atoms with Gasteiger partial charge >= 0.3 is 5.69 Å². The molecule has 0 amide bonds. The summed E-state index contributed by atoms with van der Waals surface area (Å²) < 4.78 is 1.54. The molecule has 3 rings (SSSR count). The van der Waals surface area contributed by atoms with E-state index < -0.39 is 0 Å². The fourth-order valence-corrected chi connectivity index (χ4v) is 3.48. The number of thioether (sulfide) groups is 1. The Kier molecular flexibility index (Phi) is 4.57. The summed E-state index contributed by atoms with van der Waals surface area (Å²) in [5, 5.41) is 8.34. The molecule has 0 radical (unpaired) electrons. The zero-order valence-corrected chi connectivity index (χ0v) is 13.6. The lowest BCUT2D eigenvalue weighted by atomic mass is 10.2. The summed E-state index contributed by atoms with van der Waals surface area (Å²) in [6.07, 6.45) is 0. The van der Waals surface area contributed by atoms with Gasteiger partial charge in [-0.3, -0.25) is 0 Å². The van der Waals surface area contributed by atoms with Crippen molar-refractivity contribution in [2.24, 2.45) is 0 Å². The predicted octanol–water partition coefficient (Wildman–Crippen LogP) is 4.16. The highest BCUT2D eigenvalue weighted by Gasteiger charge is 2.12. The number of nitrogens with one attached hydrogen (secondary N) is 1. The standard InChI is InChI=1S/C15H11Cl2N3OS/c16-11-7-6-10(13(17)8-11)9-22-15-19-18-14(21)20(15)12-4-2-1-3-5-12/h1-8H,9H2,(H,18,21). The van der Waals surface area contributed by atoms with Gasteiger partial charge in [0.1, 0.15) is 0 Å². The molecule has 0 atom stereocenters. The topological polar surface area (TPSA) is 50.7 Å². The Morgan fingerprint density at radius 2 is 1.91 bits per heavy atom. The SMILES string of the molecule is O=c1[nH]nc(SCc2ccc(Cl)cc2Cl)n1-c1ccccc1. The van der Waals surface area contributed by atoms with E-state index in [1.807, 2.05) is 36.4 Å². The number of benzene rings is 2. The summed E-state index contributed by atoms with van der Waals surface area (Å²) in [5.41, 5.74) is 1.44. The minimum atomic E-state index is -0.268. The molecule has 0 spiro atoms. The number of rotatable bonds is 4. The number of halogens is 2. The van der Waals surface area contributed by atoms with E-state index in [1.54, 1.807) is 12.1 Å². The molecule has 0 saturated carbocycles. The zero-order valence-electron chi connectivity index (χ0n) is 11.3. The van der Waals surface area contributed by atoms with E-state index in [0.717, 1.165) is 11.3 Å². The van der Waals surface area contributed by atoms with Gasteiger partial charge in [0.05, 0.1) is 5.69 Å². The molecule has 112 valence electrons. The Morgan fingerprint density at radius 3 is 2.64 bits per heavy atom. The van der Waals surface area contributed by atoms with Crippen molar-refractivity contribution in [1.82, 2.24) is 14.8 Å². The quantitative estimate of drug-likeness (QED) is 0.718. The second-order valence-electron chi connectivity index (χ2n) is 4.51. The molecular formula is C15H11Cl2N3OS. The first kappa shape index (κ1) is 15.2. The molecule has 7 heteroatoms. The van der Waals surface area contributed by atoms with Crippen molar-refractivity contribution in [3.8, 4) is 5.69 Å². The summed E-state index contributed by atoms with van der Waals surface area (Å²) in [6.45, 7) is 0. The van der Waals surface area contributed by atoms with Crippen LogP contribution in [0.4, 0.5) is 0 Å². The Bertz CT molecular complexity index is 845. The average molecular weight is 352 g/mol. The van der Waals surface area contributed by atoms with Gasteiger partial charge in [-0.15, -0.1) is 5.10 Å². The van der Waals surface area contributed by atoms with Crippen molar-refractivity contribution in [1.29, 1.82) is 0 Å². The Balaban J connectivity index is 1.86. The van der Waals surface area contributed by atoms with Crippen LogP contribution in [0.3, 0.4) is 0 Å². The molecule has 0 saturated heterocycles. The largest absolute Gasteiger partial charge is 0.348 e. The first-order chi connectivity index (χ1) is 10.6. The van der Waals surface area contributed by atoms with E-state index in [-0.39, 0.29) is 5.69 Å². The fourth-order valence-electron chi connectivity index (χ4n) is 1.97. The lowest BCUT2D eigenvalue weighted by Gasteiger charge is -2.06. The summed E-state index contributed by atoms with van der Waals surface area (Å²) in [4.78, 5) is 12.0. The van der Waals surface area contributed by atoms with Gasteiger partial charge in [0.25, 0.3) is 0 Å². The van der Waals surface area contributed by atoms with E-state index in [1.165, 1.54) is 16.3 Å². The van der Waals surface area contributed by atoms with Crippen LogP contribution in [0.2, 0.25) is 10.0 Å². The molecule has 0 aliphatic heterocycles. The van der Waals surface area contributed by atoms with Crippen molar-refractivity contribution in [3.63, 3.8) is 0 Å². The van der Waals surface area contributed by atoms with Crippen LogP contribution in [-0.2, 0) is 5.75 Å². The molecular weight excluding hydrogens is 341 g/mol. The monoisotopic (exact) mass is 351 g/mol. The van der Waals surface area contributed by atoms with E-state index in [2.05, 4.69) is 10.2 Å². The number of nitrogens with zero attached hydrogens (tertiary/aromatic N) is 2. The van der Waals surface area contributed by atoms with Gasteiger partial charge < -0.3 is 0 Å². The number of para-hydroxylation sites is 1. The number of aromatic nitrogens is 3. The molecule has 22 heavy (non-hydrogen) atoms. The van der Waals surface area contributed by atoms with Crippen molar-refractivity contribution in [2.75, 3.05) is 0 Å². The van der Waals surface area contributed by atoms with Gasteiger partial charge in [0.2, 0.25) is 0 Å². The molecule has 1 aromatic heterocycles. The van der Waals surface area contributed by atoms with E-state index in [0.29, 0.717) is 21.0 Å². The summed E-state index contributed by atoms with van der Waals surface area (Å²) >= 11 is 13.5. The van der Waals surface area contributed by atoms with Crippen LogP contribution in [0.25, 0.3) is 5.69 Å². The molecule has 2 aromatic carbocycles. The molecule has 0 aliphatic rings. The van der Waals surface area contributed by atoms with Crippen LogP contribution in [0.1, 0.15) is 5.56 Å². The van der Waals surface area contributed by atoms with Gasteiger partial charge in [-0.1, -0.05) is 59.2 Å². The fraction of sp³-hybridized carbons (Fsp3) is 0.0667. The van der Waals surface area contributed by atoms with Crippen LogP contribution in [0.15, 0.2) is 58.5 Å². The first-order valence-corrected chi connectivity index (χ1v) is 8.19. The number of hydrogen-bond acceptors (Lipinski definition) is 3. The van der Waals surface area contributed by atoms with Gasteiger partial charge in [0.15, 0.2) is 5.16 Å². The van der Waals surface area contributed by atoms with Gasteiger partial charge in [0, 0.05) is 15.8 Å². The number of aromatic amines is 1. The van der Waals surface area contributed by atoms with Gasteiger partial charge in [-0.05, 0) is 29.8 Å². The van der Waals surface area contributed by atoms with Crippen LogP contribution < -0.4 is 5.69 Å². The van der Waals surface area contributed by atoms with Crippen LogP contribution in [0.5, 0.6) is 0 Å². The van der Waals surface area contributed by atoms with Crippen LogP contribution >= 0.6 is 35.0 Å². The van der Waals surface area contributed by atoms with E-state index >= 15 is 0 Å². The minimum Gasteiger partial charge on any atom is -0.246 e. The summed E-state index contributed by atoms with van der Waals surface area (Å²) in [6, 6.07) is 14.7. The first-order valence-electron chi connectivity index (χ1n) is 6.45. The lowest BCUT2D eigenvalue weighted by molar-refractivity contribution is 0.870. The minimum absolute atomic E-state index is 0.268. The highest BCUT2D eigenvalue weighted by atomic mass is 35.5. The zero-order chi connectivity index (χ0) is 15.5. The van der Waals surface area contributed by atoms with Crippen molar-refractivity contribution in [2.45, 2.75) is 10.9 Å². The molecule has 0 fully saturated rings. The molecule has 0 bridgehead atoms. The third-order valence-electron chi connectivity index (χ3n) is 3.03. The Morgan fingerprint density at radius 1 is 1.14 bits per heavy atom.